The lowest BCUT2D eigenvalue weighted by Gasteiger charge is -2.12. The fourth-order valence-corrected chi connectivity index (χ4v) is 3.03. The zero-order chi connectivity index (χ0) is 19.5. The molecule has 0 unspecified atom stereocenters. The number of nitrogens with one attached hydrogen (secondary N) is 2. The van der Waals surface area contributed by atoms with Gasteiger partial charge < -0.3 is 10.6 Å². The maximum atomic E-state index is 12.5. The highest BCUT2D eigenvalue weighted by Gasteiger charge is 2.14. The Balaban J connectivity index is 1.53. The van der Waals surface area contributed by atoms with Crippen LogP contribution in [0.2, 0.25) is 5.02 Å². The van der Waals surface area contributed by atoms with Crippen molar-refractivity contribution in [3.8, 4) is 5.82 Å². The number of aromatic nitrogens is 7. The Labute approximate surface area is 164 Å². The van der Waals surface area contributed by atoms with E-state index in [9.17, 15) is 4.79 Å². The van der Waals surface area contributed by atoms with Gasteiger partial charge in [-0.1, -0.05) is 24.9 Å². The van der Waals surface area contributed by atoms with Gasteiger partial charge in [0.15, 0.2) is 11.5 Å². The van der Waals surface area contributed by atoms with Crippen LogP contribution in [-0.4, -0.2) is 40.6 Å². The molecule has 4 heterocycles. The number of anilines is 2. The molecule has 4 aromatic rings. The van der Waals surface area contributed by atoms with Gasteiger partial charge in [0, 0.05) is 18.0 Å². The van der Waals surface area contributed by atoms with Gasteiger partial charge in [-0.3, -0.25) is 0 Å². The zero-order valence-electron chi connectivity index (χ0n) is 14.9. The molecule has 0 atom stereocenters. The average Bonchev–Trinajstić information content (AvgIpc) is 3.35. The van der Waals surface area contributed by atoms with Crippen molar-refractivity contribution in [2.75, 3.05) is 10.6 Å². The fourth-order valence-electron chi connectivity index (χ4n) is 2.78. The summed E-state index contributed by atoms with van der Waals surface area (Å²) in [5.74, 6) is 0.372. The lowest BCUT2D eigenvalue weighted by Crippen LogP contribution is -2.21. The lowest BCUT2D eigenvalue weighted by atomic mass is 10.1. The highest BCUT2D eigenvalue weighted by Crippen LogP contribution is 2.23. The van der Waals surface area contributed by atoms with Gasteiger partial charge >= 0.3 is 6.03 Å². The highest BCUT2D eigenvalue weighted by atomic mass is 35.5. The van der Waals surface area contributed by atoms with E-state index in [2.05, 4.69) is 42.8 Å². The van der Waals surface area contributed by atoms with Gasteiger partial charge in [0.2, 0.25) is 0 Å². The van der Waals surface area contributed by atoms with E-state index in [1.165, 1.54) is 23.4 Å². The highest BCUT2D eigenvalue weighted by molar-refractivity contribution is 6.32. The Morgan fingerprint density at radius 1 is 1.11 bits per heavy atom. The van der Waals surface area contributed by atoms with Crippen LogP contribution in [-0.2, 0) is 6.42 Å². The molecular weight excluding hydrogens is 382 g/mol. The second-order valence-corrected chi connectivity index (χ2v) is 6.32. The number of fused-ring (bicyclic) bond motifs is 1. The second-order valence-electron chi connectivity index (χ2n) is 5.91. The van der Waals surface area contributed by atoms with Crippen molar-refractivity contribution in [1.82, 2.24) is 34.6 Å². The Kier molecular flexibility index (Phi) is 4.85. The molecule has 0 aliphatic heterocycles. The number of imidazole rings is 1. The molecule has 0 aromatic carbocycles. The van der Waals surface area contributed by atoms with Crippen LogP contribution in [0.3, 0.4) is 0 Å². The summed E-state index contributed by atoms with van der Waals surface area (Å²) in [5.41, 5.74) is 2.69. The minimum atomic E-state index is -0.433. The van der Waals surface area contributed by atoms with Crippen LogP contribution in [0, 0.1) is 0 Å². The van der Waals surface area contributed by atoms with E-state index in [-0.39, 0.29) is 0 Å². The maximum Gasteiger partial charge on any atom is 0.323 e. The standard InChI is InChI=1S/C17H16ClN9O/c1-2-3-12-14(10-23-26-7-6-19-15(12)26)25-17(28)24-11-8-13(18)16(20-9-11)27-21-4-5-22-27/h4-10H,2-3H2,1H3,(H2,24,25,28). The maximum absolute atomic E-state index is 12.5. The van der Waals surface area contributed by atoms with E-state index in [1.54, 1.807) is 29.2 Å². The lowest BCUT2D eigenvalue weighted by molar-refractivity contribution is 0.262. The largest absolute Gasteiger partial charge is 0.323 e. The molecule has 0 saturated carbocycles. The number of carbonyl (C=O) groups is 1. The number of aryl methyl sites for hydroxylation is 1. The summed E-state index contributed by atoms with van der Waals surface area (Å²) >= 11 is 6.23. The van der Waals surface area contributed by atoms with Crippen molar-refractivity contribution in [2.24, 2.45) is 0 Å². The molecule has 0 fully saturated rings. The minimum Gasteiger partial charge on any atom is -0.306 e. The first-order valence-electron chi connectivity index (χ1n) is 8.57. The molecule has 0 saturated heterocycles. The normalized spacial score (nSPS) is 10.9. The summed E-state index contributed by atoms with van der Waals surface area (Å²) in [6.45, 7) is 2.06. The van der Waals surface area contributed by atoms with E-state index < -0.39 is 6.03 Å². The topological polar surface area (TPSA) is 115 Å². The number of urea groups is 1. The van der Waals surface area contributed by atoms with Crippen LogP contribution >= 0.6 is 11.6 Å². The van der Waals surface area contributed by atoms with Gasteiger partial charge in [-0.2, -0.15) is 15.3 Å². The molecule has 2 N–H and O–H groups in total. The third-order valence-corrected chi connectivity index (χ3v) is 4.24. The number of nitrogens with zero attached hydrogens (tertiary/aromatic N) is 7. The smallest absolute Gasteiger partial charge is 0.306 e. The number of carbonyl (C=O) groups excluding carboxylic acids is 1. The number of pyridine rings is 1. The van der Waals surface area contributed by atoms with Crippen LogP contribution in [0.1, 0.15) is 18.9 Å². The second kappa shape index (κ2) is 7.61. The summed E-state index contributed by atoms with van der Waals surface area (Å²) in [7, 11) is 0. The van der Waals surface area contributed by atoms with Crippen molar-refractivity contribution in [3.05, 3.63) is 53.8 Å². The van der Waals surface area contributed by atoms with E-state index in [1.807, 2.05) is 0 Å². The molecule has 0 aliphatic carbocycles. The number of amides is 2. The van der Waals surface area contributed by atoms with Crippen molar-refractivity contribution < 1.29 is 4.79 Å². The van der Waals surface area contributed by atoms with Gasteiger partial charge in [-0.05, 0) is 12.5 Å². The predicted molar refractivity (Wildman–Crippen MR) is 104 cm³/mol. The number of rotatable bonds is 5. The Morgan fingerprint density at radius 3 is 2.68 bits per heavy atom. The zero-order valence-corrected chi connectivity index (χ0v) is 15.6. The third-order valence-electron chi connectivity index (χ3n) is 3.96. The van der Waals surface area contributed by atoms with E-state index in [4.69, 9.17) is 11.6 Å². The fraction of sp³-hybridized carbons (Fsp3) is 0.176. The van der Waals surface area contributed by atoms with Gasteiger partial charge in [0.05, 0.1) is 41.2 Å². The van der Waals surface area contributed by atoms with Gasteiger partial charge in [0.25, 0.3) is 0 Å². The van der Waals surface area contributed by atoms with Gasteiger partial charge in [-0.25, -0.2) is 19.3 Å². The van der Waals surface area contributed by atoms with Gasteiger partial charge in [-0.15, -0.1) is 4.80 Å². The monoisotopic (exact) mass is 397 g/mol. The number of hydrogen-bond acceptors (Lipinski definition) is 6. The SMILES string of the molecule is CCCc1c(NC(=O)Nc2cnc(-n3nccn3)c(Cl)c2)cnn2ccnc12. The first-order valence-corrected chi connectivity index (χ1v) is 8.95. The summed E-state index contributed by atoms with van der Waals surface area (Å²) in [6, 6.07) is 1.15. The molecule has 4 rings (SSSR count). The number of hydrogen-bond donors (Lipinski definition) is 2. The summed E-state index contributed by atoms with van der Waals surface area (Å²) in [6.07, 6.45) is 11.2. The summed E-state index contributed by atoms with van der Waals surface area (Å²) in [4.78, 5) is 22.3. The van der Waals surface area contributed by atoms with Crippen molar-refractivity contribution in [2.45, 2.75) is 19.8 Å². The van der Waals surface area contributed by atoms with Crippen molar-refractivity contribution in [1.29, 1.82) is 0 Å². The Morgan fingerprint density at radius 2 is 1.93 bits per heavy atom. The van der Waals surface area contributed by atoms with E-state index >= 15 is 0 Å². The predicted octanol–water partition coefficient (Wildman–Crippen LogP) is 2.95. The van der Waals surface area contributed by atoms with Crippen molar-refractivity contribution >= 4 is 34.7 Å². The quantitative estimate of drug-likeness (QED) is 0.535. The molecular formula is C17H16ClN9O. The Hall–Kier alpha value is -3.53. The molecule has 0 bridgehead atoms. The van der Waals surface area contributed by atoms with Crippen LogP contribution in [0.25, 0.3) is 11.5 Å². The molecule has 4 aromatic heterocycles. The molecule has 0 spiro atoms. The van der Waals surface area contributed by atoms with Crippen LogP contribution in [0.4, 0.5) is 16.2 Å². The summed E-state index contributed by atoms with van der Waals surface area (Å²) in [5, 5.41) is 18.1. The average molecular weight is 398 g/mol. The van der Waals surface area contributed by atoms with Crippen LogP contribution < -0.4 is 10.6 Å². The molecule has 142 valence electrons. The molecule has 2 amide bonds. The third kappa shape index (κ3) is 3.49. The first-order chi connectivity index (χ1) is 13.7. The summed E-state index contributed by atoms with van der Waals surface area (Å²) < 4.78 is 1.68. The number of halogens is 1. The minimum absolute atomic E-state index is 0.307. The van der Waals surface area contributed by atoms with E-state index in [0.29, 0.717) is 22.2 Å². The molecule has 0 radical (unpaired) electrons. The molecule has 0 aliphatic rings. The van der Waals surface area contributed by atoms with Crippen molar-refractivity contribution in [3.63, 3.8) is 0 Å². The molecule has 11 heteroatoms. The van der Waals surface area contributed by atoms with E-state index in [0.717, 1.165) is 24.1 Å². The molecule has 28 heavy (non-hydrogen) atoms. The van der Waals surface area contributed by atoms with Crippen LogP contribution in [0.5, 0.6) is 0 Å². The van der Waals surface area contributed by atoms with Crippen LogP contribution in [0.15, 0.2) is 43.2 Å². The van der Waals surface area contributed by atoms with Gasteiger partial charge in [0.1, 0.15) is 0 Å². The molecule has 10 nitrogen and oxygen atoms in total. The Bertz CT molecular complexity index is 1120. The first kappa shape index (κ1) is 17.9.